The molecule has 2 rings (SSSR count). The lowest BCUT2D eigenvalue weighted by atomic mass is 10.3. The Kier molecular flexibility index (Phi) is 3.36. The van der Waals surface area contributed by atoms with Gasteiger partial charge in [-0.1, -0.05) is 29.3 Å². The standard InChI is InChI=1S/C11H11Cl2N3/c1-7-14-5-8(16-7)6-15-10-4-2-3-9(12)11(10)13/h2-5,15H,6H2,1H3,(H,14,16). The van der Waals surface area contributed by atoms with E-state index in [0.29, 0.717) is 16.6 Å². The summed E-state index contributed by atoms with van der Waals surface area (Å²) in [7, 11) is 0. The van der Waals surface area contributed by atoms with Crippen LogP contribution in [0.25, 0.3) is 0 Å². The molecule has 0 spiro atoms. The highest BCUT2D eigenvalue weighted by Gasteiger charge is 2.04. The second-order valence-corrected chi connectivity index (χ2v) is 4.23. The Balaban J connectivity index is 2.07. The normalized spacial score (nSPS) is 10.4. The van der Waals surface area contributed by atoms with Crippen LogP contribution in [-0.2, 0) is 6.54 Å². The van der Waals surface area contributed by atoms with E-state index in [1.54, 1.807) is 12.3 Å². The van der Waals surface area contributed by atoms with Gasteiger partial charge in [-0.2, -0.15) is 0 Å². The first-order chi connectivity index (χ1) is 7.66. The molecule has 0 saturated carbocycles. The molecule has 0 radical (unpaired) electrons. The molecule has 0 fully saturated rings. The van der Waals surface area contributed by atoms with Gasteiger partial charge in [0.1, 0.15) is 5.82 Å². The number of H-pyrrole nitrogens is 1. The van der Waals surface area contributed by atoms with Crippen molar-refractivity contribution in [1.29, 1.82) is 0 Å². The SMILES string of the molecule is Cc1ncc(CNc2cccc(Cl)c2Cl)[nH]1. The van der Waals surface area contributed by atoms with Gasteiger partial charge in [-0.05, 0) is 19.1 Å². The third kappa shape index (κ3) is 2.49. The lowest BCUT2D eigenvalue weighted by Crippen LogP contribution is -2.00. The van der Waals surface area contributed by atoms with Crippen LogP contribution in [0.15, 0.2) is 24.4 Å². The number of hydrogen-bond donors (Lipinski definition) is 2. The number of benzene rings is 1. The molecule has 1 aromatic carbocycles. The molecule has 1 aromatic heterocycles. The fourth-order valence-corrected chi connectivity index (χ4v) is 1.76. The topological polar surface area (TPSA) is 40.7 Å². The Morgan fingerprint density at radius 2 is 2.19 bits per heavy atom. The molecular formula is C11H11Cl2N3. The van der Waals surface area contributed by atoms with E-state index < -0.39 is 0 Å². The summed E-state index contributed by atoms with van der Waals surface area (Å²) in [6.07, 6.45) is 1.79. The summed E-state index contributed by atoms with van der Waals surface area (Å²) in [5.74, 6) is 0.897. The van der Waals surface area contributed by atoms with Gasteiger partial charge in [0, 0.05) is 0 Å². The average Bonchev–Trinajstić information content (AvgIpc) is 2.67. The van der Waals surface area contributed by atoms with E-state index in [9.17, 15) is 0 Å². The van der Waals surface area contributed by atoms with E-state index in [-0.39, 0.29) is 0 Å². The minimum Gasteiger partial charge on any atom is -0.378 e. The first kappa shape index (κ1) is 11.3. The molecule has 0 aliphatic heterocycles. The summed E-state index contributed by atoms with van der Waals surface area (Å²) in [6.45, 7) is 2.55. The Morgan fingerprint density at radius 3 is 2.88 bits per heavy atom. The number of hydrogen-bond acceptors (Lipinski definition) is 2. The van der Waals surface area contributed by atoms with E-state index in [2.05, 4.69) is 15.3 Å². The van der Waals surface area contributed by atoms with Crippen LogP contribution in [0.1, 0.15) is 11.5 Å². The fraction of sp³-hybridized carbons (Fsp3) is 0.182. The van der Waals surface area contributed by atoms with Crippen molar-refractivity contribution in [1.82, 2.24) is 9.97 Å². The highest BCUT2D eigenvalue weighted by molar-refractivity contribution is 6.43. The first-order valence-electron chi connectivity index (χ1n) is 4.85. The second-order valence-electron chi connectivity index (χ2n) is 3.45. The largest absolute Gasteiger partial charge is 0.378 e. The molecule has 0 amide bonds. The van der Waals surface area contributed by atoms with Crippen LogP contribution >= 0.6 is 23.2 Å². The molecule has 84 valence electrons. The number of imidazole rings is 1. The van der Waals surface area contributed by atoms with Crippen molar-refractivity contribution in [3.8, 4) is 0 Å². The van der Waals surface area contributed by atoms with Crippen LogP contribution in [0.3, 0.4) is 0 Å². The molecule has 2 N–H and O–H groups in total. The highest BCUT2D eigenvalue weighted by Crippen LogP contribution is 2.29. The molecule has 0 aliphatic carbocycles. The molecule has 5 heteroatoms. The molecular weight excluding hydrogens is 245 g/mol. The maximum atomic E-state index is 6.04. The van der Waals surface area contributed by atoms with Crippen molar-refractivity contribution in [2.24, 2.45) is 0 Å². The summed E-state index contributed by atoms with van der Waals surface area (Å²) in [5, 5.41) is 4.29. The Hall–Kier alpha value is -1.19. The monoisotopic (exact) mass is 255 g/mol. The summed E-state index contributed by atoms with van der Waals surface area (Å²) in [6, 6.07) is 5.50. The zero-order valence-corrected chi connectivity index (χ0v) is 10.2. The molecule has 0 bridgehead atoms. The van der Waals surface area contributed by atoms with Gasteiger partial charge in [0.15, 0.2) is 0 Å². The Morgan fingerprint density at radius 1 is 1.38 bits per heavy atom. The van der Waals surface area contributed by atoms with Crippen molar-refractivity contribution in [2.45, 2.75) is 13.5 Å². The molecule has 0 saturated heterocycles. The lowest BCUT2D eigenvalue weighted by Gasteiger charge is -2.07. The van der Waals surface area contributed by atoms with Gasteiger partial charge in [-0.3, -0.25) is 0 Å². The van der Waals surface area contributed by atoms with Crippen molar-refractivity contribution in [2.75, 3.05) is 5.32 Å². The second kappa shape index (κ2) is 4.76. The number of rotatable bonds is 3. The number of halogens is 2. The number of anilines is 1. The summed E-state index contributed by atoms with van der Waals surface area (Å²) < 4.78 is 0. The van der Waals surface area contributed by atoms with Crippen LogP contribution in [0.4, 0.5) is 5.69 Å². The van der Waals surface area contributed by atoms with E-state index in [1.807, 2.05) is 19.1 Å². The summed E-state index contributed by atoms with van der Waals surface area (Å²) >= 11 is 12.0. The zero-order chi connectivity index (χ0) is 11.5. The molecule has 0 aliphatic rings. The number of nitrogens with one attached hydrogen (secondary N) is 2. The number of aromatic amines is 1. The average molecular weight is 256 g/mol. The predicted octanol–water partition coefficient (Wildman–Crippen LogP) is 3.64. The van der Waals surface area contributed by atoms with Gasteiger partial charge in [0.25, 0.3) is 0 Å². The van der Waals surface area contributed by atoms with Gasteiger partial charge < -0.3 is 10.3 Å². The van der Waals surface area contributed by atoms with Crippen LogP contribution in [-0.4, -0.2) is 9.97 Å². The van der Waals surface area contributed by atoms with Crippen LogP contribution in [0.5, 0.6) is 0 Å². The smallest absolute Gasteiger partial charge is 0.103 e. The van der Waals surface area contributed by atoms with E-state index in [4.69, 9.17) is 23.2 Å². The minimum atomic E-state index is 0.542. The molecule has 0 unspecified atom stereocenters. The summed E-state index contributed by atoms with van der Waals surface area (Å²) in [4.78, 5) is 7.24. The van der Waals surface area contributed by atoms with E-state index in [1.165, 1.54) is 0 Å². The van der Waals surface area contributed by atoms with E-state index in [0.717, 1.165) is 17.2 Å². The third-order valence-corrected chi connectivity index (χ3v) is 3.00. The van der Waals surface area contributed by atoms with Crippen LogP contribution in [0, 0.1) is 6.92 Å². The van der Waals surface area contributed by atoms with Gasteiger partial charge in [-0.15, -0.1) is 0 Å². The highest BCUT2D eigenvalue weighted by atomic mass is 35.5. The predicted molar refractivity (Wildman–Crippen MR) is 67.1 cm³/mol. The molecule has 3 nitrogen and oxygen atoms in total. The first-order valence-corrected chi connectivity index (χ1v) is 5.61. The van der Waals surface area contributed by atoms with Crippen LogP contribution < -0.4 is 5.32 Å². The quantitative estimate of drug-likeness (QED) is 0.880. The molecule has 1 heterocycles. The number of nitrogens with zero attached hydrogens (tertiary/aromatic N) is 1. The molecule has 16 heavy (non-hydrogen) atoms. The van der Waals surface area contributed by atoms with E-state index >= 15 is 0 Å². The van der Waals surface area contributed by atoms with Crippen molar-refractivity contribution in [3.63, 3.8) is 0 Å². The maximum absolute atomic E-state index is 6.04. The lowest BCUT2D eigenvalue weighted by molar-refractivity contribution is 1.05. The Bertz CT molecular complexity index is 494. The van der Waals surface area contributed by atoms with Crippen LogP contribution in [0.2, 0.25) is 10.0 Å². The zero-order valence-electron chi connectivity index (χ0n) is 8.72. The molecule has 2 aromatic rings. The molecule has 0 atom stereocenters. The van der Waals surface area contributed by atoms with Gasteiger partial charge >= 0.3 is 0 Å². The summed E-state index contributed by atoms with van der Waals surface area (Å²) in [5.41, 5.74) is 1.83. The fourth-order valence-electron chi connectivity index (χ4n) is 1.39. The van der Waals surface area contributed by atoms with Gasteiger partial charge in [0.05, 0.1) is 34.2 Å². The number of aromatic nitrogens is 2. The van der Waals surface area contributed by atoms with Crippen molar-refractivity contribution in [3.05, 3.63) is 46.0 Å². The van der Waals surface area contributed by atoms with Gasteiger partial charge in [0.2, 0.25) is 0 Å². The van der Waals surface area contributed by atoms with Crippen molar-refractivity contribution >= 4 is 28.9 Å². The maximum Gasteiger partial charge on any atom is 0.103 e. The Labute approximate surface area is 104 Å². The third-order valence-electron chi connectivity index (χ3n) is 2.18. The van der Waals surface area contributed by atoms with Gasteiger partial charge in [-0.25, -0.2) is 4.98 Å². The minimum absolute atomic E-state index is 0.542. The number of aryl methyl sites for hydroxylation is 1. The van der Waals surface area contributed by atoms with Crippen molar-refractivity contribution < 1.29 is 0 Å².